The fraction of sp³-hybridized carbons (Fsp3) is 0.345. The third kappa shape index (κ3) is 7.01. The van der Waals surface area contributed by atoms with E-state index in [1.807, 2.05) is 0 Å². The van der Waals surface area contributed by atoms with Crippen LogP contribution >= 0.6 is 0 Å². The van der Waals surface area contributed by atoms with E-state index in [2.05, 4.69) is 5.32 Å². The van der Waals surface area contributed by atoms with Gasteiger partial charge < -0.3 is 24.3 Å². The van der Waals surface area contributed by atoms with Crippen molar-refractivity contribution in [3.8, 4) is 5.75 Å². The van der Waals surface area contributed by atoms with E-state index in [1.165, 1.54) is 31.2 Å². The van der Waals surface area contributed by atoms with Gasteiger partial charge in [0, 0.05) is 12.1 Å². The molecule has 0 spiro atoms. The van der Waals surface area contributed by atoms with E-state index in [-0.39, 0.29) is 23.6 Å². The van der Waals surface area contributed by atoms with E-state index in [9.17, 15) is 38.3 Å². The maximum absolute atomic E-state index is 13.9. The Bertz CT molecular complexity index is 1540. The molecule has 16 heteroatoms. The van der Waals surface area contributed by atoms with Crippen LogP contribution in [0.15, 0.2) is 65.9 Å². The normalized spacial score (nSPS) is 20.4. The summed E-state index contributed by atoms with van der Waals surface area (Å²) in [5.41, 5.74) is 0.0792. The van der Waals surface area contributed by atoms with E-state index < -0.39 is 81.1 Å². The molecule has 2 aromatic carbocycles. The predicted molar refractivity (Wildman–Crippen MR) is 154 cm³/mol. The van der Waals surface area contributed by atoms with Crippen LogP contribution in [0.2, 0.25) is 0 Å². The number of para-hydroxylation sites is 1. The largest absolute Gasteiger partial charge is 0.484 e. The van der Waals surface area contributed by atoms with Gasteiger partial charge in [-0.15, -0.1) is 0 Å². The first-order valence-electron chi connectivity index (χ1n) is 13.4. The van der Waals surface area contributed by atoms with E-state index >= 15 is 0 Å². The van der Waals surface area contributed by atoms with Gasteiger partial charge in [0.1, 0.15) is 29.5 Å². The van der Waals surface area contributed by atoms with Crippen molar-refractivity contribution in [2.75, 3.05) is 20.8 Å². The Labute approximate surface area is 259 Å². The number of nitrogens with one attached hydrogen (secondary N) is 1. The molecule has 2 aromatic rings. The van der Waals surface area contributed by atoms with Gasteiger partial charge >= 0.3 is 17.9 Å². The molecule has 0 bridgehead atoms. The van der Waals surface area contributed by atoms with Crippen LogP contribution in [0, 0.1) is 16.0 Å². The number of carbonyl (C=O) groups excluding carboxylic acids is 5. The van der Waals surface area contributed by atoms with Gasteiger partial charge in [0.15, 0.2) is 12.5 Å². The zero-order valence-corrected chi connectivity index (χ0v) is 25.1. The highest BCUT2D eigenvalue weighted by atomic mass is 32.2. The van der Waals surface area contributed by atoms with Gasteiger partial charge in [-0.1, -0.05) is 18.2 Å². The molecule has 1 fully saturated rings. The van der Waals surface area contributed by atoms with Crippen molar-refractivity contribution in [3.05, 3.63) is 81.5 Å². The molecule has 3 unspecified atom stereocenters. The number of nitrogens with zero attached hydrogens (tertiary/aromatic N) is 2. The smallest absolute Gasteiger partial charge is 0.355 e. The monoisotopic (exact) mass is 643 g/mol. The minimum atomic E-state index is -2.04. The minimum absolute atomic E-state index is 0.0987. The second-order valence-corrected chi connectivity index (χ2v) is 11.6. The van der Waals surface area contributed by atoms with Gasteiger partial charge in [-0.25, -0.2) is 4.79 Å². The van der Waals surface area contributed by atoms with Crippen LogP contribution in [0.4, 0.5) is 5.69 Å². The number of fused-ring (bicyclic) bond motifs is 1. The van der Waals surface area contributed by atoms with Gasteiger partial charge in [0.2, 0.25) is 0 Å². The summed E-state index contributed by atoms with van der Waals surface area (Å²) < 4.78 is 34.2. The SMILES string of the molecule is COC(=O)C(CC1C(C)=C(C(=O)OCc2ccc([N+](=O)[O-])cc2)N2C(=O)C(NC(=O)COc3ccccc3)[C@@H]2S1=O)C(=O)OC. The summed E-state index contributed by atoms with van der Waals surface area (Å²) in [5.74, 6) is -5.43. The number of rotatable bonds is 12. The summed E-state index contributed by atoms with van der Waals surface area (Å²) in [7, 11) is 0.0887. The van der Waals surface area contributed by atoms with Crippen molar-refractivity contribution in [3.63, 3.8) is 0 Å². The van der Waals surface area contributed by atoms with Crippen molar-refractivity contribution in [1.29, 1.82) is 0 Å². The van der Waals surface area contributed by atoms with Crippen molar-refractivity contribution in [1.82, 2.24) is 10.2 Å². The first kappa shape index (κ1) is 32.8. The molecule has 2 heterocycles. The Morgan fingerprint density at radius 3 is 2.22 bits per heavy atom. The highest BCUT2D eigenvalue weighted by molar-refractivity contribution is 7.86. The van der Waals surface area contributed by atoms with Crippen molar-refractivity contribution in [2.45, 2.75) is 36.6 Å². The lowest BCUT2D eigenvalue weighted by Gasteiger charge is -2.51. The molecule has 238 valence electrons. The first-order chi connectivity index (χ1) is 21.5. The Balaban J connectivity index is 1.60. The van der Waals surface area contributed by atoms with Gasteiger partial charge in [-0.05, 0) is 48.7 Å². The molecule has 45 heavy (non-hydrogen) atoms. The molecule has 2 amide bonds. The highest BCUT2D eigenvalue weighted by Crippen LogP contribution is 2.40. The van der Waals surface area contributed by atoms with E-state index in [1.54, 1.807) is 30.3 Å². The fourth-order valence-corrected chi connectivity index (χ4v) is 6.94. The number of hydrogen-bond acceptors (Lipinski definition) is 12. The summed E-state index contributed by atoms with van der Waals surface area (Å²) >= 11 is 0. The maximum atomic E-state index is 13.9. The lowest BCUT2D eigenvalue weighted by atomic mass is 9.95. The lowest BCUT2D eigenvalue weighted by molar-refractivity contribution is -0.384. The molecule has 4 atom stereocenters. The Morgan fingerprint density at radius 1 is 1.02 bits per heavy atom. The third-order valence-electron chi connectivity index (χ3n) is 7.22. The number of methoxy groups -OCH3 is 2. The molecular formula is C29H29N3O12S. The number of nitro benzene ring substituents is 1. The van der Waals surface area contributed by atoms with Gasteiger partial charge in [-0.3, -0.25) is 38.4 Å². The number of nitro groups is 1. The molecular weight excluding hydrogens is 614 g/mol. The van der Waals surface area contributed by atoms with Crippen LogP contribution in [0.5, 0.6) is 5.75 Å². The molecule has 0 aromatic heterocycles. The molecule has 2 aliphatic rings. The first-order valence-corrected chi connectivity index (χ1v) is 14.7. The Kier molecular flexibility index (Phi) is 10.3. The summed E-state index contributed by atoms with van der Waals surface area (Å²) in [5, 5.41) is 11.0. The van der Waals surface area contributed by atoms with Gasteiger partial charge in [-0.2, -0.15) is 0 Å². The van der Waals surface area contributed by atoms with Crippen molar-refractivity contribution < 1.29 is 52.1 Å². The van der Waals surface area contributed by atoms with Gasteiger partial charge in [0.05, 0.1) is 35.2 Å². The quantitative estimate of drug-likeness (QED) is 0.0865. The van der Waals surface area contributed by atoms with Crippen LogP contribution in [0.3, 0.4) is 0 Å². The number of non-ortho nitro benzene ring substituents is 1. The number of amides is 2. The summed E-state index contributed by atoms with van der Waals surface area (Å²) in [6, 6.07) is 12.4. The standard InChI is InChI=1S/C29H29N3O12S/c1-16-21(13-20(27(35)41-2)28(36)42-3)45(40)26-23(30-22(33)15-43-19-7-5-4-6-8-19)25(34)31(26)24(16)29(37)44-14-17-9-11-18(12-10-17)32(38)39/h4-12,20-21,23,26H,13-15H2,1-3H3,(H,30,33)/t21?,23?,26-,45?/m0/s1. The second kappa shape index (κ2) is 14.1. The number of ether oxygens (including phenoxy) is 4. The number of hydrogen-bond donors (Lipinski definition) is 1. The average Bonchev–Trinajstić information content (AvgIpc) is 3.05. The second-order valence-electron chi connectivity index (χ2n) is 9.93. The summed E-state index contributed by atoms with van der Waals surface area (Å²) in [6.07, 6.45) is -0.396. The number of β-lactam (4-membered cyclic amide) rings is 1. The van der Waals surface area contributed by atoms with E-state index in [4.69, 9.17) is 18.9 Å². The van der Waals surface area contributed by atoms with Crippen LogP contribution in [-0.2, 0) is 55.6 Å². The van der Waals surface area contributed by atoms with Crippen molar-refractivity contribution >= 4 is 46.2 Å². The average molecular weight is 644 g/mol. The molecule has 0 radical (unpaired) electrons. The lowest BCUT2D eigenvalue weighted by Crippen LogP contribution is -2.74. The summed E-state index contributed by atoms with van der Waals surface area (Å²) in [6.45, 7) is 0.639. The van der Waals surface area contributed by atoms with Gasteiger partial charge in [0.25, 0.3) is 17.5 Å². The number of esters is 3. The molecule has 15 nitrogen and oxygen atoms in total. The molecule has 4 rings (SSSR count). The predicted octanol–water partition coefficient (Wildman–Crippen LogP) is 1.13. The third-order valence-corrected chi connectivity index (χ3v) is 9.29. The van der Waals surface area contributed by atoms with Crippen LogP contribution < -0.4 is 10.1 Å². The molecule has 0 aliphatic carbocycles. The van der Waals surface area contributed by atoms with Crippen molar-refractivity contribution in [2.24, 2.45) is 5.92 Å². The van der Waals surface area contributed by atoms with Crippen LogP contribution in [-0.4, -0.2) is 81.2 Å². The van der Waals surface area contributed by atoms with E-state index in [0.717, 1.165) is 19.1 Å². The topological polar surface area (TPSA) is 198 Å². The molecule has 1 N–H and O–H groups in total. The number of carbonyl (C=O) groups is 5. The maximum Gasteiger partial charge on any atom is 0.355 e. The highest BCUT2D eigenvalue weighted by Gasteiger charge is 2.59. The zero-order chi connectivity index (χ0) is 32.8. The fourth-order valence-electron chi connectivity index (χ4n) is 4.89. The minimum Gasteiger partial charge on any atom is -0.484 e. The number of benzene rings is 2. The summed E-state index contributed by atoms with van der Waals surface area (Å²) in [4.78, 5) is 75.6. The Hall–Kier alpha value is -5.12. The molecule has 1 saturated heterocycles. The van der Waals surface area contributed by atoms with Crippen LogP contribution in [0.1, 0.15) is 18.9 Å². The molecule has 2 aliphatic heterocycles. The van der Waals surface area contributed by atoms with E-state index in [0.29, 0.717) is 11.3 Å². The molecule has 0 saturated carbocycles. The van der Waals surface area contributed by atoms with Crippen LogP contribution in [0.25, 0.3) is 0 Å². The Morgan fingerprint density at radius 2 is 1.64 bits per heavy atom. The zero-order valence-electron chi connectivity index (χ0n) is 24.3.